The molecule has 0 unspecified atom stereocenters. The van der Waals surface area contributed by atoms with Crippen molar-refractivity contribution in [3.8, 4) is 11.6 Å². The number of nitrogens with zero attached hydrogens (tertiary/aromatic N) is 2. The van der Waals surface area contributed by atoms with Crippen LogP contribution in [0, 0.1) is 11.8 Å². The molecular weight excluding hydrogens is 318 g/mol. The van der Waals surface area contributed by atoms with E-state index in [1.54, 1.807) is 25.4 Å². The van der Waals surface area contributed by atoms with Crippen LogP contribution >= 0.6 is 0 Å². The first-order chi connectivity index (χ1) is 12.2. The van der Waals surface area contributed by atoms with Crippen molar-refractivity contribution in [3.63, 3.8) is 0 Å². The van der Waals surface area contributed by atoms with E-state index in [0.717, 1.165) is 11.3 Å². The molecule has 1 aromatic carbocycles. The molecule has 0 spiro atoms. The third-order valence-corrected chi connectivity index (χ3v) is 5.11. The molecule has 1 N–H and O–H groups in total. The largest absolute Gasteiger partial charge is 0.493 e. The molecule has 6 heteroatoms. The molecule has 1 aromatic heterocycles. The Bertz CT molecular complexity index is 795. The van der Waals surface area contributed by atoms with Crippen LogP contribution in [-0.2, 0) is 4.79 Å². The monoisotopic (exact) mass is 339 g/mol. The molecule has 2 aliphatic heterocycles. The van der Waals surface area contributed by atoms with E-state index in [9.17, 15) is 4.79 Å². The SMILES string of the molecule is COc1ncccc1NC(=O)[C@@H]1CN(C)[C@H]2c3ccccc3OC[C@@H]12. The summed E-state index contributed by atoms with van der Waals surface area (Å²) < 4.78 is 11.1. The van der Waals surface area contributed by atoms with Crippen LogP contribution in [0.15, 0.2) is 42.6 Å². The highest BCUT2D eigenvalue weighted by Gasteiger charge is 2.47. The van der Waals surface area contributed by atoms with Crippen LogP contribution in [0.1, 0.15) is 11.6 Å². The van der Waals surface area contributed by atoms with E-state index in [4.69, 9.17) is 9.47 Å². The first-order valence-corrected chi connectivity index (χ1v) is 8.41. The lowest BCUT2D eigenvalue weighted by Gasteiger charge is -2.32. The number of carbonyl (C=O) groups excluding carboxylic acids is 1. The maximum absolute atomic E-state index is 12.9. The van der Waals surface area contributed by atoms with Crippen LogP contribution < -0.4 is 14.8 Å². The van der Waals surface area contributed by atoms with E-state index >= 15 is 0 Å². The molecule has 2 aromatic rings. The van der Waals surface area contributed by atoms with Crippen molar-refractivity contribution in [3.05, 3.63) is 48.2 Å². The summed E-state index contributed by atoms with van der Waals surface area (Å²) in [6.07, 6.45) is 1.64. The zero-order chi connectivity index (χ0) is 17.4. The maximum Gasteiger partial charge on any atom is 0.237 e. The van der Waals surface area contributed by atoms with Gasteiger partial charge in [-0.3, -0.25) is 9.69 Å². The fourth-order valence-electron chi connectivity index (χ4n) is 3.98. The smallest absolute Gasteiger partial charge is 0.237 e. The molecule has 0 radical (unpaired) electrons. The minimum Gasteiger partial charge on any atom is -0.493 e. The predicted molar refractivity (Wildman–Crippen MR) is 93.7 cm³/mol. The number of nitrogens with one attached hydrogen (secondary N) is 1. The molecule has 4 rings (SSSR count). The summed E-state index contributed by atoms with van der Waals surface area (Å²) in [6.45, 7) is 1.25. The molecule has 1 amide bonds. The van der Waals surface area contributed by atoms with Crippen molar-refractivity contribution in [2.45, 2.75) is 6.04 Å². The number of pyridine rings is 1. The van der Waals surface area contributed by atoms with Crippen LogP contribution in [0.5, 0.6) is 11.6 Å². The Hall–Kier alpha value is -2.60. The molecule has 0 aliphatic carbocycles. The Morgan fingerprint density at radius 3 is 3.00 bits per heavy atom. The highest BCUT2D eigenvalue weighted by atomic mass is 16.5. The highest BCUT2D eigenvalue weighted by Crippen LogP contribution is 2.46. The Morgan fingerprint density at radius 2 is 2.16 bits per heavy atom. The number of ether oxygens (including phenoxy) is 2. The quantitative estimate of drug-likeness (QED) is 0.930. The van der Waals surface area contributed by atoms with Gasteiger partial charge in [-0.1, -0.05) is 18.2 Å². The zero-order valence-corrected chi connectivity index (χ0v) is 14.3. The van der Waals surface area contributed by atoms with Gasteiger partial charge in [-0.25, -0.2) is 4.98 Å². The number of carbonyl (C=O) groups is 1. The van der Waals surface area contributed by atoms with E-state index in [1.807, 2.05) is 18.2 Å². The van der Waals surface area contributed by atoms with Crippen LogP contribution in [0.25, 0.3) is 0 Å². The van der Waals surface area contributed by atoms with E-state index in [1.165, 1.54) is 0 Å². The van der Waals surface area contributed by atoms with Gasteiger partial charge in [0.25, 0.3) is 0 Å². The number of hydrogen-bond donors (Lipinski definition) is 1. The molecular formula is C19H21N3O3. The van der Waals surface area contributed by atoms with Gasteiger partial charge in [0.1, 0.15) is 11.4 Å². The second kappa shape index (κ2) is 6.37. The van der Waals surface area contributed by atoms with Crippen LogP contribution in [0.2, 0.25) is 0 Å². The zero-order valence-electron chi connectivity index (χ0n) is 14.3. The summed E-state index contributed by atoms with van der Waals surface area (Å²) >= 11 is 0. The minimum absolute atomic E-state index is 0.0198. The molecule has 3 atom stereocenters. The minimum atomic E-state index is -0.145. The van der Waals surface area contributed by atoms with Gasteiger partial charge in [-0.05, 0) is 25.2 Å². The third kappa shape index (κ3) is 2.72. The molecule has 2 aliphatic rings. The van der Waals surface area contributed by atoms with Gasteiger partial charge in [-0.2, -0.15) is 0 Å². The molecule has 6 nitrogen and oxygen atoms in total. The topological polar surface area (TPSA) is 63.7 Å². The van der Waals surface area contributed by atoms with Crippen molar-refractivity contribution in [1.82, 2.24) is 9.88 Å². The van der Waals surface area contributed by atoms with E-state index < -0.39 is 0 Å². The average molecular weight is 339 g/mol. The Labute approximate surface area is 146 Å². The van der Waals surface area contributed by atoms with E-state index in [-0.39, 0.29) is 23.8 Å². The van der Waals surface area contributed by atoms with Crippen molar-refractivity contribution >= 4 is 11.6 Å². The summed E-state index contributed by atoms with van der Waals surface area (Å²) in [5, 5.41) is 2.97. The number of amides is 1. The Morgan fingerprint density at radius 1 is 1.32 bits per heavy atom. The molecule has 130 valence electrons. The summed E-state index contributed by atoms with van der Waals surface area (Å²) in [5.74, 6) is 1.30. The predicted octanol–water partition coefficient (Wildman–Crippen LogP) is 2.34. The molecule has 0 saturated carbocycles. The number of anilines is 1. The van der Waals surface area contributed by atoms with E-state index in [2.05, 4.69) is 28.3 Å². The van der Waals surface area contributed by atoms with Gasteiger partial charge < -0.3 is 14.8 Å². The Kier molecular flexibility index (Phi) is 4.05. The lowest BCUT2D eigenvalue weighted by atomic mass is 9.85. The number of benzene rings is 1. The lowest BCUT2D eigenvalue weighted by molar-refractivity contribution is -0.121. The van der Waals surface area contributed by atoms with Crippen molar-refractivity contribution in [1.29, 1.82) is 0 Å². The summed E-state index contributed by atoms with van der Waals surface area (Å²) in [5.41, 5.74) is 1.76. The highest BCUT2D eigenvalue weighted by molar-refractivity contribution is 5.94. The first-order valence-electron chi connectivity index (χ1n) is 8.41. The number of rotatable bonds is 3. The number of para-hydroxylation sites is 1. The van der Waals surface area contributed by atoms with Crippen LogP contribution in [0.3, 0.4) is 0 Å². The number of fused-ring (bicyclic) bond motifs is 3. The average Bonchev–Trinajstić information content (AvgIpc) is 2.99. The molecule has 1 fully saturated rings. The number of aromatic nitrogens is 1. The van der Waals surface area contributed by atoms with Gasteiger partial charge in [0.05, 0.1) is 19.6 Å². The lowest BCUT2D eigenvalue weighted by Crippen LogP contribution is -2.34. The standard InChI is InChI=1S/C19H21N3O3/c1-22-10-13(18(23)21-15-7-5-9-20-19(15)24-2)14-11-25-16-8-4-3-6-12(16)17(14)22/h3-9,13-14,17H,10-11H2,1-2H3,(H,21,23)/t13-,14+,17+/m1/s1. The third-order valence-electron chi connectivity index (χ3n) is 5.11. The maximum atomic E-state index is 12.9. The van der Waals surface area contributed by atoms with Gasteiger partial charge >= 0.3 is 0 Å². The normalized spacial score (nSPS) is 24.8. The van der Waals surface area contributed by atoms with Crippen molar-refractivity contribution in [2.75, 3.05) is 32.6 Å². The Balaban J connectivity index is 1.57. The number of hydrogen-bond acceptors (Lipinski definition) is 5. The summed E-state index contributed by atoms with van der Waals surface area (Å²) in [7, 11) is 3.61. The first kappa shape index (κ1) is 15.9. The molecule has 3 heterocycles. The molecule has 1 saturated heterocycles. The molecule has 25 heavy (non-hydrogen) atoms. The van der Waals surface area contributed by atoms with Crippen LogP contribution in [0.4, 0.5) is 5.69 Å². The van der Waals surface area contributed by atoms with Crippen molar-refractivity contribution < 1.29 is 14.3 Å². The number of likely N-dealkylation sites (tertiary alicyclic amines) is 1. The second-order valence-electron chi connectivity index (χ2n) is 6.55. The van der Waals surface area contributed by atoms with Crippen molar-refractivity contribution in [2.24, 2.45) is 11.8 Å². The molecule has 0 bridgehead atoms. The van der Waals surface area contributed by atoms with Crippen LogP contribution in [-0.4, -0.2) is 43.1 Å². The number of methoxy groups -OCH3 is 1. The second-order valence-corrected chi connectivity index (χ2v) is 6.55. The van der Waals surface area contributed by atoms with Gasteiger partial charge in [-0.15, -0.1) is 0 Å². The van der Waals surface area contributed by atoms with Gasteiger partial charge in [0.15, 0.2) is 0 Å². The van der Waals surface area contributed by atoms with Gasteiger partial charge in [0.2, 0.25) is 11.8 Å². The fraction of sp³-hybridized carbons (Fsp3) is 0.368. The van der Waals surface area contributed by atoms with Gasteiger partial charge in [0, 0.05) is 30.3 Å². The fourth-order valence-corrected chi connectivity index (χ4v) is 3.98. The van der Waals surface area contributed by atoms with E-state index in [0.29, 0.717) is 24.7 Å². The summed E-state index contributed by atoms with van der Waals surface area (Å²) in [6, 6.07) is 11.9. The summed E-state index contributed by atoms with van der Waals surface area (Å²) in [4.78, 5) is 19.3.